The standard InChI is InChI=1S/C35H39O2PSi/c1-6-32(36-26-38-33-23-15-13-21-30(33)31-22-14-16-24-34(31)38)27(2)25-37-39(35(3,4)5,28-17-9-7-10-18-28)29-19-11-8-12-20-29/h6-24,27,32H,1,25-26H2,2-5H3/t27-,32+/m1/s1. The van der Waals surface area contributed by atoms with Gasteiger partial charge in [-0.3, -0.25) is 0 Å². The molecule has 2 nitrogen and oxygen atoms in total. The summed E-state index contributed by atoms with van der Waals surface area (Å²) < 4.78 is 13.9. The van der Waals surface area contributed by atoms with Gasteiger partial charge in [-0.25, -0.2) is 0 Å². The molecule has 0 N–H and O–H groups in total. The maximum absolute atomic E-state index is 7.21. The van der Waals surface area contributed by atoms with Crippen molar-refractivity contribution < 1.29 is 9.16 Å². The number of hydrogen-bond donors (Lipinski definition) is 0. The van der Waals surface area contributed by atoms with Crippen LogP contribution in [0, 0.1) is 5.92 Å². The minimum Gasteiger partial charge on any atom is -0.407 e. The molecule has 0 radical (unpaired) electrons. The first-order valence-electron chi connectivity index (χ1n) is 13.8. The predicted octanol–water partition coefficient (Wildman–Crippen LogP) is 8.72. The Morgan fingerprint density at radius 3 is 1.67 bits per heavy atom. The van der Waals surface area contributed by atoms with E-state index in [-0.39, 0.29) is 17.1 Å². The van der Waals surface area contributed by atoms with E-state index in [1.165, 1.54) is 31.4 Å². The predicted molar refractivity (Wildman–Crippen MR) is 172 cm³/mol. The maximum atomic E-state index is 7.21. The third-order valence-electron chi connectivity index (χ3n) is 7.85. The van der Waals surface area contributed by atoms with Crippen LogP contribution in [0.2, 0.25) is 5.04 Å². The van der Waals surface area contributed by atoms with Gasteiger partial charge in [0.2, 0.25) is 0 Å². The van der Waals surface area contributed by atoms with Gasteiger partial charge in [0.25, 0.3) is 8.32 Å². The van der Waals surface area contributed by atoms with E-state index in [2.05, 4.69) is 143 Å². The number of rotatable bonds is 10. The number of fused-ring (bicyclic) bond motifs is 3. The van der Waals surface area contributed by atoms with Gasteiger partial charge in [0.1, 0.15) is 0 Å². The molecule has 5 aromatic rings. The molecule has 0 saturated carbocycles. The molecule has 1 heterocycles. The van der Waals surface area contributed by atoms with E-state index in [1.807, 2.05) is 6.08 Å². The Labute approximate surface area is 235 Å². The van der Waals surface area contributed by atoms with Crippen LogP contribution in [0.4, 0.5) is 0 Å². The number of benzene rings is 4. The van der Waals surface area contributed by atoms with E-state index in [1.54, 1.807) is 0 Å². The highest BCUT2D eigenvalue weighted by Crippen LogP contribution is 2.50. The van der Waals surface area contributed by atoms with Crippen LogP contribution in [0.3, 0.4) is 0 Å². The molecular weight excluding hydrogens is 511 g/mol. The molecule has 4 heteroatoms. The molecule has 5 rings (SSSR count). The van der Waals surface area contributed by atoms with Gasteiger partial charge in [0.05, 0.1) is 12.5 Å². The Hall–Kier alpha value is -2.94. The summed E-state index contributed by atoms with van der Waals surface area (Å²) in [6.45, 7) is 14.0. The lowest BCUT2D eigenvalue weighted by Crippen LogP contribution is -2.67. The molecule has 0 unspecified atom stereocenters. The quantitative estimate of drug-likeness (QED) is 0.128. The second kappa shape index (κ2) is 11.7. The molecule has 0 aliphatic heterocycles. The van der Waals surface area contributed by atoms with Crippen LogP contribution in [0.15, 0.2) is 122 Å². The topological polar surface area (TPSA) is 18.5 Å². The molecule has 0 aliphatic carbocycles. The lowest BCUT2D eigenvalue weighted by Gasteiger charge is -2.44. The fourth-order valence-electron chi connectivity index (χ4n) is 5.88. The SMILES string of the molecule is C=C[C@H](OCp1c2ccccc2c2ccccc21)[C@H](C)CO[Si](c1ccccc1)(c1ccccc1)C(C)(C)C. The van der Waals surface area contributed by atoms with Crippen molar-refractivity contribution in [2.75, 3.05) is 6.61 Å². The molecule has 0 fully saturated rings. The molecule has 1 aromatic heterocycles. The Bertz CT molecular complexity index is 1440. The third-order valence-corrected chi connectivity index (χ3v) is 15.2. The van der Waals surface area contributed by atoms with Gasteiger partial charge in [-0.2, -0.15) is 0 Å². The van der Waals surface area contributed by atoms with Gasteiger partial charge in [0.15, 0.2) is 0 Å². The van der Waals surface area contributed by atoms with E-state index < -0.39 is 15.9 Å². The molecule has 200 valence electrons. The van der Waals surface area contributed by atoms with E-state index >= 15 is 0 Å². The maximum Gasteiger partial charge on any atom is 0.261 e. The summed E-state index contributed by atoms with van der Waals surface area (Å²) in [7, 11) is -3.16. The first-order valence-corrected chi connectivity index (χ1v) is 17.3. The molecule has 39 heavy (non-hydrogen) atoms. The number of hydrogen-bond acceptors (Lipinski definition) is 2. The summed E-state index contributed by atoms with van der Waals surface area (Å²) in [6.07, 6.45) is 2.55. The average molecular weight is 551 g/mol. The lowest BCUT2D eigenvalue weighted by molar-refractivity contribution is 0.0392. The average Bonchev–Trinajstić information content (AvgIpc) is 3.28. The fraction of sp³-hybridized carbons (Fsp3) is 0.257. The smallest absolute Gasteiger partial charge is 0.261 e. The van der Waals surface area contributed by atoms with Crippen LogP contribution in [0.1, 0.15) is 27.7 Å². The molecule has 0 spiro atoms. The van der Waals surface area contributed by atoms with Crippen LogP contribution in [0.25, 0.3) is 21.0 Å². The number of ether oxygens (including phenoxy) is 1. The molecule has 2 atom stereocenters. The van der Waals surface area contributed by atoms with Gasteiger partial charge < -0.3 is 9.16 Å². The minimum atomic E-state index is -2.60. The fourth-order valence-corrected chi connectivity index (χ4v) is 12.9. The largest absolute Gasteiger partial charge is 0.407 e. The summed E-state index contributed by atoms with van der Waals surface area (Å²) in [5, 5.41) is 8.06. The minimum absolute atomic E-state index is 0.0551. The lowest BCUT2D eigenvalue weighted by atomic mass is 10.1. The zero-order valence-electron chi connectivity index (χ0n) is 23.5. The Balaban J connectivity index is 1.41. The van der Waals surface area contributed by atoms with Crippen LogP contribution in [-0.4, -0.2) is 21.0 Å². The van der Waals surface area contributed by atoms with Gasteiger partial charge in [0, 0.05) is 22.8 Å². The summed E-state index contributed by atoms with van der Waals surface area (Å²) in [5.41, 5.74) is 0. The summed E-state index contributed by atoms with van der Waals surface area (Å²) in [6, 6.07) is 39.2. The Kier molecular flexibility index (Phi) is 8.26. The second-order valence-electron chi connectivity index (χ2n) is 11.4. The van der Waals surface area contributed by atoms with Crippen LogP contribution in [0.5, 0.6) is 0 Å². The van der Waals surface area contributed by atoms with Gasteiger partial charge in [-0.1, -0.05) is 150 Å². The van der Waals surface area contributed by atoms with E-state index in [0.717, 1.165) is 0 Å². The van der Waals surface area contributed by atoms with Crippen LogP contribution in [-0.2, 0) is 15.5 Å². The van der Waals surface area contributed by atoms with Gasteiger partial charge in [-0.05, 0) is 26.2 Å². The third kappa shape index (κ3) is 5.30. The molecule has 0 bridgehead atoms. The van der Waals surface area contributed by atoms with E-state index in [9.17, 15) is 0 Å². The summed E-state index contributed by atoms with van der Waals surface area (Å²) >= 11 is 0. The van der Waals surface area contributed by atoms with Gasteiger partial charge in [-0.15, -0.1) is 6.58 Å². The van der Waals surface area contributed by atoms with E-state index in [4.69, 9.17) is 9.16 Å². The Morgan fingerprint density at radius 1 is 0.744 bits per heavy atom. The molecule has 0 amide bonds. The van der Waals surface area contributed by atoms with Crippen molar-refractivity contribution in [3.8, 4) is 0 Å². The zero-order chi connectivity index (χ0) is 27.5. The molecule has 0 saturated heterocycles. The van der Waals surface area contributed by atoms with Crippen molar-refractivity contribution in [3.63, 3.8) is 0 Å². The highest BCUT2D eigenvalue weighted by atomic mass is 31.1. The van der Waals surface area contributed by atoms with Gasteiger partial charge >= 0.3 is 0 Å². The summed E-state index contributed by atoms with van der Waals surface area (Å²) in [5.74, 6) is 0.159. The van der Waals surface area contributed by atoms with Crippen molar-refractivity contribution >= 4 is 47.2 Å². The molecule has 0 aliphatic rings. The first kappa shape index (κ1) is 27.6. The van der Waals surface area contributed by atoms with Crippen molar-refractivity contribution in [2.24, 2.45) is 5.92 Å². The molecule has 4 aromatic carbocycles. The zero-order valence-corrected chi connectivity index (χ0v) is 25.4. The van der Waals surface area contributed by atoms with Crippen molar-refractivity contribution in [3.05, 3.63) is 122 Å². The second-order valence-corrected chi connectivity index (χ2v) is 17.8. The van der Waals surface area contributed by atoms with Crippen LogP contribution < -0.4 is 10.4 Å². The monoisotopic (exact) mass is 550 g/mol. The highest BCUT2D eigenvalue weighted by Gasteiger charge is 2.50. The van der Waals surface area contributed by atoms with Crippen LogP contribution >= 0.6 is 7.53 Å². The first-order chi connectivity index (χ1) is 18.9. The van der Waals surface area contributed by atoms with Crippen molar-refractivity contribution in [1.82, 2.24) is 0 Å². The highest BCUT2D eigenvalue weighted by molar-refractivity contribution is 7.60. The van der Waals surface area contributed by atoms with E-state index in [0.29, 0.717) is 13.0 Å². The normalized spacial score (nSPS) is 13.9. The Morgan fingerprint density at radius 2 is 1.21 bits per heavy atom. The van der Waals surface area contributed by atoms with Crippen molar-refractivity contribution in [2.45, 2.75) is 45.2 Å². The molecular formula is C35H39O2PSi. The van der Waals surface area contributed by atoms with Crippen molar-refractivity contribution in [1.29, 1.82) is 0 Å². The summed E-state index contributed by atoms with van der Waals surface area (Å²) in [4.78, 5) is 0.